The Morgan fingerprint density at radius 3 is 2.41 bits per heavy atom. The first-order valence-corrected chi connectivity index (χ1v) is 7.51. The summed E-state index contributed by atoms with van der Waals surface area (Å²) in [5, 5.41) is 9.42. The van der Waals surface area contributed by atoms with E-state index < -0.39 is 23.6 Å². The molecule has 1 N–H and O–H groups in total. The molecule has 120 valence electrons. The van der Waals surface area contributed by atoms with Crippen molar-refractivity contribution in [3.63, 3.8) is 0 Å². The van der Waals surface area contributed by atoms with Crippen LogP contribution in [0.1, 0.15) is 26.3 Å². The maximum atomic E-state index is 12.1. The smallest absolute Gasteiger partial charge is 0.410 e. The van der Waals surface area contributed by atoms with Crippen LogP contribution in [0, 0.1) is 11.8 Å². The van der Waals surface area contributed by atoms with Crippen LogP contribution < -0.4 is 0 Å². The van der Waals surface area contributed by atoms with Crippen LogP contribution in [0.25, 0.3) is 0 Å². The normalized spacial score (nSPS) is 21.7. The molecule has 2 rings (SSSR count). The molecule has 1 amide bonds. The molecule has 2 atom stereocenters. The van der Waals surface area contributed by atoms with E-state index in [9.17, 15) is 14.7 Å². The Morgan fingerprint density at radius 2 is 1.86 bits per heavy atom. The number of likely N-dealkylation sites (tertiary alicyclic amines) is 1. The molecular formula is C17H23NO4. The number of amides is 1. The van der Waals surface area contributed by atoms with Gasteiger partial charge in [-0.2, -0.15) is 0 Å². The van der Waals surface area contributed by atoms with E-state index in [-0.39, 0.29) is 12.5 Å². The largest absolute Gasteiger partial charge is 0.481 e. The average molecular weight is 305 g/mol. The van der Waals surface area contributed by atoms with Gasteiger partial charge in [0, 0.05) is 13.1 Å². The first kappa shape index (κ1) is 16.3. The predicted molar refractivity (Wildman–Crippen MR) is 82.6 cm³/mol. The van der Waals surface area contributed by atoms with Crippen molar-refractivity contribution in [1.82, 2.24) is 4.90 Å². The summed E-state index contributed by atoms with van der Waals surface area (Å²) in [6.07, 6.45) is 0.214. The Bertz CT molecular complexity index is 535. The molecule has 1 aliphatic rings. The van der Waals surface area contributed by atoms with Crippen molar-refractivity contribution in [2.45, 2.75) is 32.8 Å². The lowest BCUT2D eigenvalue weighted by atomic mass is 9.90. The molecule has 0 saturated carbocycles. The number of carbonyl (C=O) groups excluding carboxylic acids is 1. The molecule has 1 aliphatic heterocycles. The van der Waals surface area contributed by atoms with Gasteiger partial charge < -0.3 is 14.7 Å². The monoisotopic (exact) mass is 305 g/mol. The zero-order valence-corrected chi connectivity index (χ0v) is 13.3. The van der Waals surface area contributed by atoms with Crippen LogP contribution in [0.4, 0.5) is 4.79 Å². The number of hydrogen-bond acceptors (Lipinski definition) is 3. The highest BCUT2D eigenvalue weighted by Gasteiger charge is 2.40. The van der Waals surface area contributed by atoms with E-state index in [2.05, 4.69) is 0 Å². The van der Waals surface area contributed by atoms with Gasteiger partial charge >= 0.3 is 12.1 Å². The summed E-state index contributed by atoms with van der Waals surface area (Å²) in [5.41, 5.74) is 0.512. The van der Waals surface area contributed by atoms with Gasteiger partial charge in [-0.3, -0.25) is 4.79 Å². The minimum atomic E-state index is -0.855. The van der Waals surface area contributed by atoms with E-state index in [1.54, 1.807) is 20.8 Å². The zero-order valence-electron chi connectivity index (χ0n) is 13.3. The Labute approximate surface area is 130 Å². The van der Waals surface area contributed by atoms with Crippen molar-refractivity contribution >= 4 is 12.1 Å². The van der Waals surface area contributed by atoms with Gasteiger partial charge in [-0.25, -0.2) is 4.79 Å². The summed E-state index contributed by atoms with van der Waals surface area (Å²) in [5.74, 6) is -1.49. The molecule has 0 spiro atoms. The second-order valence-electron chi connectivity index (χ2n) is 6.78. The summed E-state index contributed by atoms with van der Waals surface area (Å²) >= 11 is 0. The Balaban J connectivity index is 2.06. The second-order valence-corrected chi connectivity index (χ2v) is 6.78. The van der Waals surface area contributed by atoms with E-state index in [4.69, 9.17) is 4.74 Å². The number of nitrogens with zero attached hydrogens (tertiary/aromatic N) is 1. The molecule has 1 aromatic carbocycles. The highest BCUT2D eigenvalue weighted by Crippen LogP contribution is 2.28. The van der Waals surface area contributed by atoms with Crippen LogP contribution in [0.5, 0.6) is 0 Å². The van der Waals surface area contributed by atoms with Crippen LogP contribution >= 0.6 is 0 Å². The molecule has 22 heavy (non-hydrogen) atoms. The van der Waals surface area contributed by atoms with Crippen molar-refractivity contribution in [2.24, 2.45) is 11.8 Å². The summed E-state index contributed by atoms with van der Waals surface area (Å²) in [7, 11) is 0. The highest BCUT2D eigenvalue weighted by atomic mass is 16.6. The van der Waals surface area contributed by atoms with Gasteiger partial charge in [-0.05, 0) is 38.7 Å². The fourth-order valence-corrected chi connectivity index (χ4v) is 2.75. The Hall–Kier alpha value is -2.04. The molecular weight excluding hydrogens is 282 g/mol. The number of benzene rings is 1. The van der Waals surface area contributed by atoms with Crippen LogP contribution in [-0.2, 0) is 16.0 Å². The van der Waals surface area contributed by atoms with Gasteiger partial charge in [0.2, 0.25) is 0 Å². The maximum Gasteiger partial charge on any atom is 0.410 e. The number of carboxylic acid groups (broad SMARTS) is 1. The van der Waals surface area contributed by atoms with Crippen LogP contribution in [0.15, 0.2) is 30.3 Å². The maximum absolute atomic E-state index is 12.1. The summed E-state index contributed by atoms with van der Waals surface area (Å²) < 4.78 is 5.34. The van der Waals surface area contributed by atoms with E-state index in [0.29, 0.717) is 13.0 Å². The first-order valence-electron chi connectivity index (χ1n) is 7.51. The average Bonchev–Trinajstić information content (AvgIpc) is 2.82. The van der Waals surface area contributed by atoms with Crippen molar-refractivity contribution in [2.75, 3.05) is 13.1 Å². The van der Waals surface area contributed by atoms with Crippen molar-refractivity contribution in [3.8, 4) is 0 Å². The number of carbonyl (C=O) groups is 2. The summed E-state index contributed by atoms with van der Waals surface area (Å²) in [6, 6.07) is 9.77. The number of aliphatic carboxylic acids is 1. The lowest BCUT2D eigenvalue weighted by Gasteiger charge is -2.24. The van der Waals surface area contributed by atoms with E-state index in [0.717, 1.165) is 5.56 Å². The Kier molecular flexibility index (Phi) is 4.74. The second kappa shape index (κ2) is 6.38. The molecule has 1 fully saturated rings. The van der Waals surface area contributed by atoms with Gasteiger partial charge in [-0.15, -0.1) is 0 Å². The van der Waals surface area contributed by atoms with Crippen molar-refractivity contribution < 1.29 is 19.4 Å². The van der Waals surface area contributed by atoms with Crippen molar-refractivity contribution in [3.05, 3.63) is 35.9 Å². The number of hydrogen-bond donors (Lipinski definition) is 1. The minimum absolute atomic E-state index is 0.0904. The molecule has 1 aromatic rings. The van der Waals surface area contributed by atoms with Gasteiger partial charge in [0.1, 0.15) is 5.60 Å². The highest BCUT2D eigenvalue weighted by molar-refractivity contribution is 5.74. The lowest BCUT2D eigenvalue weighted by Crippen LogP contribution is -2.36. The van der Waals surface area contributed by atoms with Gasteiger partial charge in [-0.1, -0.05) is 30.3 Å². The van der Waals surface area contributed by atoms with Crippen LogP contribution in [0.3, 0.4) is 0 Å². The topological polar surface area (TPSA) is 66.8 Å². The Morgan fingerprint density at radius 1 is 1.23 bits per heavy atom. The third-order valence-corrected chi connectivity index (χ3v) is 3.75. The van der Waals surface area contributed by atoms with Crippen molar-refractivity contribution in [1.29, 1.82) is 0 Å². The molecule has 0 bridgehead atoms. The quantitative estimate of drug-likeness (QED) is 0.932. The molecule has 0 radical (unpaired) electrons. The van der Waals surface area contributed by atoms with Crippen LogP contribution in [0.2, 0.25) is 0 Å². The SMILES string of the molecule is CC(C)(C)OC(=O)N1C[C@H](Cc2ccccc2)[C@H](C(=O)O)C1. The molecule has 0 aliphatic carbocycles. The van der Waals surface area contributed by atoms with Gasteiger partial charge in [0.05, 0.1) is 5.92 Å². The fraction of sp³-hybridized carbons (Fsp3) is 0.529. The standard InChI is InChI=1S/C17H23NO4/c1-17(2,3)22-16(21)18-10-13(14(11-18)15(19)20)9-12-7-5-4-6-8-12/h4-8,13-14H,9-11H2,1-3H3,(H,19,20)/t13-,14+/m0/s1. The first-order chi connectivity index (χ1) is 10.3. The van der Waals surface area contributed by atoms with Crippen LogP contribution in [-0.4, -0.2) is 40.8 Å². The third-order valence-electron chi connectivity index (χ3n) is 3.75. The summed E-state index contributed by atoms with van der Waals surface area (Å²) in [4.78, 5) is 25.1. The summed E-state index contributed by atoms with van der Waals surface area (Å²) in [6.45, 7) is 6.04. The molecule has 5 heteroatoms. The van der Waals surface area contributed by atoms with Gasteiger partial charge in [0.15, 0.2) is 0 Å². The molecule has 1 heterocycles. The number of ether oxygens (including phenoxy) is 1. The lowest BCUT2D eigenvalue weighted by molar-refractivity contribution is -0.142. The van der Waals surface area contributed by atoms with E-state index >= 15 is 0 Å². The van der Waals surface area contributed by atoms with E-state index in [1.165, 1.54) is 4.90 Å². The van der Waals surface area contributed by atoms with Gasteiger partial charge in [0.25, 0.3) is 0 Å². The third kappa shape index (κ3) is 4.23. The van der Waals surface area contributed by atoms with E-state index in [1.807, 2.05) is 30.3 Å². The fourth-order valence-electron chi connectivity index (χ4n) is 2.75. The molecule has 0 unspecified atom stereocenters. The number of carboxylic acids is 1. The molecule has 5 nitrogen and oxygen atoms in total. The zero-order chi connectivity index (χ0) is 16.3. The number of rotatable bonds is 3. The predicted octanol–water partition coefficient (Wildman–Crippen LogP) is 2.80. The molecule has 0 aromatic heterocycles. The minimum Gasteiger partial charge on any atom is -0.481 e. The molecule has 1 saturated heterocycles.